The van der Waals surface area contributed by atoms with E-state index in [0.717, 1.165) is 23.6 Å². The van der Waals surface area contributed by atoms with Crippen molar-refractivity contribution in [3.05, 3.63) is 59.9 Å². The van der Waals surface area contributed by atoms with E-state index in [1.54, 1.807) is 6.20 Å². The second kappa shape index (κ2) is 12.5. The summed E-state index contributed by atoms with van der Waals surface area (Å²) in [6, 6.07) is 13.5. The maximum atomic E-state index is 10.1. The molecule has 0 radical (unpaired) electrons. The number of guanidine groups is 1. The summed E-state index contributed by atoms with van der Waals surface area (Å²) in [5.74, 6) is 1.40. The first-order valence-corrected chi connectivity index (χ1v) is 8.47. The van der Waals surface area contributed by atoms with Crippen LogP contribution in [0.25, 0.3) is 0 Å². The summed E-state index contributed by atoms with van der Waals surface area (Å²) in [6.07, 6.45) is 1.11. The molecule has 26 heavy (non-hydrogen) atoms. The van der Waals surface area contributed by atoms with Crippen molar-refractivity contribution in [1.29, 1.82) is 0 Å². The molecule has 3 N–H and O–H groups in total. The number of nitrogens with zero attached hydrogens (tertiary/aromatic N) is 2. The number of aryl methyl sites for hydroxylation is 1. The van der Waals surface area contributed by atoms with Gasteiger partial charge in [0.1, 0.15) is 18.5 Å². The van der Waals surface area contributed by atoms with Crippen LogP contribution in [-0.4, -0.2) is 41.9 Å². The quantitative estimate of drug-likeness (QED) is 0.314. The lowest BCUT2D eigenvalue weighted by molar-refractivity contribution is 0.110. The van der Waals surface area contributed by atoms with Gasteiger partial charge in [0, 0.05) is 19.3 Å². The zero-order chi connectivity index (χ0) is 17.9. The molecular formula is C19H27IN4O2. The van der Waals surface area contributed by atoms with Gasteiger partial charge in [-0.25, -0.2) is 4.99 Å². The minimum absolute atomic E-state index is 0. The first-order chi connectivity index (χ1) is 12.2. The fraction of sp³-hybridized carbons (Fsp3) is 0.368. The predicted molar refractivity (Wildman–Crippen MR) is 115 cm³/mol. The van der Waals surface area contributed by atoms with Crippen molar-refractivity contribution in [2.75, 3.05) is 19.7 Å². The zero-order valence-electron chi connectivity index (χ0n) is 15.2. The van der Waals surface area contributed by atoms with E-state index in [9.17, 15) is 5.11 Å². The lowest BCUT2D eigenvalue weighted by Crippen LogP contribution is -2.42. The molecule has 1 heterocycles. The predicted octanol–water partition coefficient (Wildman–Crippen LogP) is 2.50. The molecule has 1 aromatic carbocycles. The smallest absolute Gasteiger partial charge is 0.191 e. The number of aliphatic imine (C=N–C) groups is 1. The molecule has 142 valence electrons. The van der Waals surface area contributed by atoms with Crippen molar-refractivity contribution in [3.63, 3.8) is 0 Å². The first kappa shape index (κ1) is 22.2. The van der Waals surface area contributed by atoms with Crippen molar-refractivity contribution < 1.29 is 9.84 Å². The van der Waals surface area contributed by atoms with E-state index in [2.05, 4.69) is 20.6 Å². The Labute approximate surface area is 172 Å². The van der Waals surface area contributed by atoms with Crippen LogP contribution in [0.5, 0.6) is 5.75 Å². The number of rotatable bonds is 8. The van der Waals surface area contributed by atoms with Gasteiger partial charge in [-0.3, -0.25) is 4.98 Å². The van der Waals surface area contributed by atoms with Gasteiger partial charge in [-0.1, -0.05) is 18.2 Å². The van der Waals surface area contributed by atoms with E-state index in [1.807, 2.05) is 56.3 Å². The number of halogens is 1. The first-order valence-electron chi connectivity index (χ1n) is 8.47. The number of aliphatic hydroxyl groups is 1. The average Bonchev–Trinajstić information content (AvgIpc) is 2.63. The van der Waals surface area contributed by atoms with Crippen molar-refractivity contribution >= 4 is 29.9 Å². The Kier molecular flexibility index (Phi) is 10.6. The number of hydrogen-bond acceptors (Lipinski definition) is 4. The van der Waals surface area contributed by atoms with Gasteiger partial charge in [0.15, 0.2) is 5.96 Å². The van der Waals surface area contributed by atoms with Crippen LogP contribution in [0.1, 0.15) is 18.2 Å². The molecule has 2 aromatic rings. The molecule has 0 bridgehead atoms. The third-order valence-electron chi connectivity index (χ3n) is 3.41. The average molecular weight is 470 g/mol. The minimum atomic E-state index is -0.640. The van der Waals surface area contributed by atoms with Gasteiger partial charge in [0.2, 0.25) is 0 Å². The Morgan fingerprint density at radius 1 is 1.23 bits per heavy atom. The third-order valence-corrected chi connectivity index (χ3v) is 3.41. The van der Waals surface area contributed by atoms with E-state index in [4.69, 9.17) is 4.74 Å². The summed E-state index contributed by atoms with van der Waals surface area (Å²) in [5.41, 5.74) is 2.02. The van der Waals surface area contributed by atoms with E-state index in [1.165, 1.54) is 0 Å². The van der Waals surface area contributed by atoms with Crippen molar-refractivity contribution in [2.45, 2.75) is 26.5 Å². The van der Waals surface area contributed by atoms with Gasteiger partial charge in [0.05, 0.1) is 12.2 Å². The van der Waals surface area contributed by atoms with Crippen LogP contribution in [-0.2, 0) is 6.54 Å². The van der Waals surface area contributed by atoms with Crippen LogP contribution < -0.4 is 15.4 Å². The molecule has 7 heteroatoms. The highest BCUT2D eigenvalue weighted by Gasteiger charge is 2.07. The Morgan fingerprint density at radius 2 is 2.08 bits per heavy atom. The standard InChI is InChI=1S/C19H26N4O2.HI/c1-3-20-19(22-12-16-8-4-5-10-21-16)23-13-17(24)14-25-18-9-6-7-15(2)11-18;/h4-11,17,24H,3,12-14H2,1-2H3,(H2,20,22,23);1H. The summed E-state index contributed by atoms with van der Waals surface area (Å²) in [6.45, 7) is 5.78. The molecule has 1 unspecified atom stereocenters. The number of aliphatic hydroxyl groups excluding tert-OH is 1. The molecule has 1 aromatic heterocycles. The van der Waals surface area contributed by atoms with E-state index >= 15 is 0 Å². The number of benzene rings is 1. The summed E-state index contributed by atoms with van der Waals surface area (Å²) in [4.78, 5) is 8.71. The van der Waals surface area contributed by atoms with Gasteiger partial charge in [-0.15, -0.1) is 24.0 Å². The second-order valence-electron chi connectivity index (χ2n) is 5.68. The molecule has 0 aliphatic heterocycles. The molecule has 0 aliphatic rings. The Hall–Kier alpha value is -1.87. The third kappa shape index (κ3) is 8.48. The zero-order valence-corrected chi connectivity index (χ0v) is 17.5. The van der Waals surface area contributed by atoms with Crippen molar-refractivity contribution in [3.8, 4) is 5.75 Å². The summed E-state index contributed by atoms with van der Waals surface area (Å²) < 4.78 is 5.61. The van der Waals surface area contributed by atoms with E-state index in [-0.39, 0.29) is 30.6 Å². The maximum Gasteiger partial charge on any atom is 0.191 e. The molecule has 2 rings (SSSR count). The highest BCUT2D eigenvalue weighted by atomic mass is 127. The van der Waals surface area contributed by atoms with Crippen LogP contribution in [0.3, 0.4) is 0 Å². The number of nitrogens with one attached hydrogen (secondary N) is 2. The lowest BCUT2D eigenvalue weighted by atomic mass is 10.2. The van der Waals surface area contributed by atoms with Crippen LogP contribution >= 0.6 is 24.0 Å². The highest BCUT2D eigenvalue weighted by Crippen LogP contribution is 2.12. The fourth-order valence-corrected chi connectivity index (χ4v) is 2.16. The lowest BCUT2D eigenvalue weighted by Gasteiger charge is -2.16. The molecule has 0 saturated carbocycles. The molecule has 0 fully saturated rings. The maximum absolute atomic E-state index is 10.1. The fourth-order valence-electron chi connectivity index (χ4n) is 2.16. The Bertz CT molecular complexity index is 668. The summed E-state index contributed by atoms with van der Waals surface area (Å²) >= 11 is 0. The molecular weight excluding hydrogens is 443 g/mol. The van der Waals surface area contributed by atoms with Gasteiger partial charge in [-0.2, -0.15) is 0 Å². The summed E-state index contributed by atoms with van der Waals surface area (Å²) in [7, 11) is 0. The normalized spacial score (nSPS) is 12.0. The highest BCUT2D eigenvalue weighted by molar-refractivity contribution is 14.0. The monoisotopic (exact) mass is 470 g/mol. The van der Waals surface area contributed by atoms with E-state index in [0.29, 0.717) is 19.0 Å². The van der Waals surface area contributed by atoms with Crippen LogP contribution in [0.2, 0.25) is 0 Å². The molecule has 6 nitrogen and oxygen atoms in total. The molecule has 1 atom stereocenters. The van der Waals surface area contributed by atoms with E-state index < -0.39 is 6.10 Å². The minimum Gasteiger partial charge on any atom is -0.491 e. The number of hydrogen-bond donors (Lipinski definition) is 3. The second-order valence-corrected chi connectivity index (χ2v) is 5.68. The topological polar surface area (TPSA) is 78.8 Å². The SMILES string of the molecule is CCNC(=NCc1ccccn1)NCC(O)COc1cccc(C)c1.I. The number of pyridine rings is 1. The molecule has 0 aliphatic carbocycles. The van der Waals surface area contributed by atoms with Gasteiger partial charge < -0.3 is 20.5 Å². The van der Waals surface area contributed by atoms with Crippen molar-refractivity contribution in [2.24, 2.45) is 4.99 Å². The Morgan fingerprint density at radius 3 is 2.77 bits per heavy atom. The molecule has 0 spiro atoms. The van der Waals surface area contributed by atoms with Gasteiger partial charge in [0.25, 0.3) is 0 Å². The van der Waals surface area contributed by atoms with Gasteiger partial charge >= 0.3 is 0 Å². The van der Waals surface area contributed by atoms with Gasteiger partial charge in [-0.05, 0) is 43.7 Å². The van der Waals surface area contributed by atoms with Crippen molar-refractivity contribution in [1.82, 2.24) is 15.6 Å². The molecule has 0 amide bonds. The number of aromatic nitrogens is 1. The van der Waals surface area contributed by atoms with Crippen LogP contribution in [0.15, 0.2) is 53.7 Å². The number of ether oxygens (including phenoxy) is 1. The van der Waals surface area contributed by atoms with Crippen LogP contribution in [0, 0.1) is 6.92 Å². The van der Waals surface area contributed by atoms with Crippen LogP contribution in [0.4, 0.5) is 0 Å². The molecule has 0 saturated heterocycles. The summed E-state index contributed by atoms with van der Waals surface area (Å²) in [5, 5.41) is 16.4. The Balaban J connectivity index is 0.00000338. The largest absolute Gasteiger partial charge is 0.491 e.